The summed E-state index contributed by atoms with van der Waals surface area (Å²) in [7, 11) is 0. The number of allylic oxidation sites excluding steroid dienone is 2. The van der Waals surface area contributed by atoms with Crippen molar-refractivity contribution in [1.29, 1.82) is 0 Å². The third-order valence-corrected chi connectivity index (χ3v) is 7.07. The number of epoxide rings is 1. The fourth-order valence-electron chi connectivity index (χ4n) is 5.41. The van der Waals surface area contributed by atoms with Gasteiger partial charge in [-0.1, -0.05) is 24.6 Å². The maximum absolute atomic E-state index is 11.9. The molecular formula is C19H26O6. The fourth-order valence-corrected chi connectivity index (χ4v) is 5.41. The van der Waals surface area contributed by atoms with Crippen molar-refractivity contribution in [3.8, 4) is 0 Å². The van der Waals surface area contributed by atoms with Gasteiger partial charge in [0.1, 0.15) is 24.4 Å². The van der Waals surface area contributed by atoms with Gasteiger partial charge in [0.25, 0.3) is 0 Å². The molecular weight excluding hydrogens is 324 g/mol. The first-order valence-corrected chi connectivity index (χ1v) is 8.95. The van der Waals surface area contributed by atoms with E-state index in [-0.39, 0.29) is 12.7 Å². The van der Waals surface area contributed by atoms with Crippen LogP contribution in [0.4, 0.5) is 0 Å². The SMILES string of the molecule is C/C=C/C(=O)OCC12CCC(C)=CC1OC1C(O)C(O)C2(C)C12CO2. The van der Waals surface area contributed by atoms with Gasteiger partial charge in [-0.15, -0.1) is 0 Å². The largest absolute Gasteiger partial charge is 0.462 e. The van der Waals surface area contributed by atoms with Crippen LogP contribution >= 0.6 is 0 Å². The molecule has 2 aliphatic carbocycles. The van der Waals surface area contributed by atoms with Crippen LogP contribution in [0, 0.1) is 10.8 Å². The van der Waals surface area contributed by atoms with Crippen molar-refractivity contribution in [2.75, 3.05) is 13.2 Å². The van der Waals surface area contributed by atoms with E-state index in [1.165, 1.54) is 11.6 Å². The summed E-state index contributed by atoms with van der Waals surface area (Å²) >= 11 is 0. The van der Waals surface area contributed by atoms with Crippen LogP contribution in [0.3, 0.4) is 0 Å². The fraction of sp³-hybridized carbons (Fsp3) is 0.737. The Kier molecular flexibility index (Phi) is 3.71. The second-order valence-electron chi connectivity index (χ2n) is 8.07. The predicted octanol–water partition coefficient (Wildman–Crippen LogP) is 1.11. The van der Waals surface area contributed by atoms with Gasteiger partial charge in [-0.2, -0.15) is 0 Å². The number of aliphatic hydroxyl groups excluding tert-OH is 2. The van der Waals surface area contributed by atoms with Crippen molar-refractivity contribution < 1.29 is 29.2 Å². The van der Waals surface area contributed by atoms with E-state index >= 15 is 0 Å². The minimum Gasteiger partial charge on any atom is -0.462 e. The van der Waals surface area contributed by atoms with Crippen molar-refractivity contribution in [1.82, 2.24) is 0 Å². The van der Waals surface area contributed by atoms with E-state index in [4.69, 9.17) is 14.2 Å². The molecule has 2 saturated heterocycles. The first kappa shape index (κ1) is 17.2. The Balaban J connectivity index is 1.78. The minimum absolute atomic E-state index is 0.128. The van der Waals surface area contributed by atoms with Crippen LogP contribution in [0.5, 0.6) is 0 Å². The highest BCUT2D eigenvalue weighted by Gasteiger charge is 2.84. The Hall–Kier alpha value is -1.21. The monoisotopic (exact) mass is 350 g/mol. The molecule has 2 N–H and O–H groups in total. The second kappa shape index (κ2) is 5.39. The molecule has 2 heterocycles. The van der Waals surface area contributed by atoms with E-state index in [0.717, 1.165) is 6.42 Å². The first-order chi connectivity index (χ1) is 11.8. The van der Waals surface area contributed by atoms with Crippen molar-refractivity contribution in [3.05, 3.63) is 23.8 Å². The minimum atomic E-state index is -1.00. The molecule has 138 valence electrons. The van der Waals surface area contributed by atoms with Crippen LogP contribution in [0.15, 0.2) is 23.8 Å². The molecule has 6 nitrogen and oxygen atoms in total. The van der Waals surface area contributed by atoms with Crippen LogP contribution in [0.1, 0.15) is 33.6 Å². The zero-order chi connectivity index (χ0) is 18.0. The summed E-state index contributed by atoms with van der Waals surface area (Å²) < 4.78 is 17.6. The molecule has 4 aliphatic rings. The molecule has 7 atom stereocenters. The molecule has 1 saturated carbocycles. The summed E-state index contributed by atoms with van der Waals surface area (Å²) in [5, 5.41) is 21.6. The second-order valence-corrected chi connectivity index (χ2v) is 8.07. The summed E-state index contributed by atoms with van der Waals surface area (Å²) in [6.07, 6.45) is 3.74. The highest BCUT2D eigenvalue weighted by molar-refractivity contribution is 5.81. The zero-order valence-electron chi connectivity index (χ0n) is 14.9. The van der Waals surface area contributed by atoms with Gasteiger partial charge < -0.3 is 24.4 Å². The van der Waals surface area contributed by atoms with Gasteiger partial charge >= 0.3 is 5.97 Å². The molecule has 6 heteroatoms. The lowest BCUT2D eigenvalue weighted by Crippen LogP contribution is -2.66. The van der Waals surface area contributed by atoms with Crippen LogP contribution in [-0.2, 0) is 19.0 Å². The molecule has 2 aliphatic heterocycles. The molecule has 0 aromatic heterocycles. The number of fused-ring (bicyclic) bond motifs is 2. The highest BCUT2D eigenvalue weighted by atomic mass is 16.6. The van der Waals surface area contributed by atoms with E-state index in [1.807, 2.05) is 13.8 Å². The van der Waals surface area contributed by atoms with Crippen molar-refractivity contribution in [2.24, 2.45) is 10.8 Å². The van der Waals surface area contributed by atoms with E-state index in [1.54, 1.807) is 13.0 Å². The molecule has 0 aromatic rings. The Bertz CT molecular complexity index is 650. The van der Waals surface area contributed by atoms with E-state index in [2.05, 4.69) is 6.08 Å². The average Bonchev–Trinajstić information content (AvgIpc) is 3.36. The van der Waals surface area contributed by atoms with E-state index in [0.29, 0.717) is 13.0 Å². The Morgan fingerprint density at radius 1 is 1.48 bits per heavy atom. The van der Waals surface area contributed by atoms with Gasteiger partial charge in [0.05, 0.1) is 18.8 Å². The first-order valence-electron chi connectivity index (χ1n) is 8.95. The highest BCUT2D eigenvalue weighted by Crippen LogP contribution is 2.71. The lowest BCUT2D eigenvalue weighted by molar-refractivity contribution is -0.230. The van der Waals surface area contributed by atoms with Crippen LogP contribution < -0.4 is 0 Å². The maximum atomic E-state index is 11.9. The summed E-state index contributed by atoms with van der Waals surface area (Å²) in [4.78, 5) is 11.9. The molecule has 0 amide bonds. The van der Waals surface area contributed by atoms with Gasteiger partial charge in [-0.05, 0) is 26.7 Å². The third-order valence-electron chi connectivity index (χ3n) is 7.07. The molecule has 1 spiro atoms. The molecule has 2 bridgehead atoms. The Morgan fingerprint density at radius 3 is 2.84 bits per heavy atom. The number of hydrogen-bond donors (Lipinski definition) is 2. The van der Waals surface area contributed by atoms with E-state index < -0.39 is 40.7 Å². The van der Waals surface area contributed by atoms with Gasteiger partial charge in [0, 0.05) is 16.9 Å². The van der Waals surface area contributed by atoms with Gasteiger partial charge in [-0.25, -0.2) is 4.79 Å². The predicted molar refractivity (Wildman–Crippen MR) is 88.7 cm³/mol. The Morgan fingerprint density at radius 2 is 2.20 bits per heavy atom. The van der Waals surface area contributed by atoms with E-state index in [9.17, 15) is 15.0 Å². The number of carbonyl (C=O) groups is 1. The van der Waals surface area contributed by atoms with Crippen molar-refractivity contribution in [3.63, 3.8) is 0 Å². The van der Waals surface area contributed by atoms with Crippen molar-refractivity contribution >= 4 is 5.97 Å². The summed E-state index contributed by atoms with van der Waals surface area (Å²) in [5.74, 6) is -0.411. The lowest BCUT2D eigenvalue weighted by Gasteiger charge is -2.57. The van der Waals surface area contributed by atoms with Gasteiger partial charge in [0.2, 0.25) is 0 Å². The number of aliphatic hydroxyl groups is 2. The molecule has 4 rings (SSSR count). The summed E-state index contributed by atoms with van der Waals surface area (Å²) in [5.41, 5.74) is -0.872. The number of ether oxygens (including phenoxy) is 3. The topological polar surface area (TPSA) is 88.5 Å². The quantitative estimate of drug-likeness (QED) is 0.343. The number of carbonyl (C=O) groups excluding carboxylic acids is 1. The van der Waals surface area contributed by atoms with Gasteiger partial charge in [-0.3, -0.25) is 0 Å². The number of rotatable bonds is 3. The lowest BCUT2D eigenvalue weighted by atomic mass is 9.51. The number of esters is 1. The third kappa shape index (κ3) is 1.97. The molecule has 0 radical (unpaired) electrons. The normalized spacial score (nSPS) is 50.7. The molecule has 7 unspecified atom stereocenters. The van der Waals surface area contributed by atoms with Crippen LogP contribution in [-0.4, -0.2) is 59.4 Å². The van der Waals surface area contributed by atoms with Gasteiger partial charge in [0.15, 0.2) is 0 Å². The summed E-state index contributed by atoms with van der Waals surface area (Å²) in [6.45, 7) is 6.34. The molecule has 3 fully saturated rings. The smallest absolute Gasteiger partial charge is 0.330 e. The maximum Gasteiger partial charge on any atom is 0.330 e. The molecule has 25 heavy (non-hydrogen) atoms. The van der Waals surface area contributed by atoms with Crippen LogP contribution in [0.25, 0.3) is 0 Å². The average molecular weight is 350 g/mol. The molecule has 0 aromatic carbocycles. The van der Waals surface area contributed by atoms with Crippen molar-refractivity contribution in [2.45, 2.75) is 63.6 Å². The van der Waals surface area contributed by atoms with Crippen LogP contribution in [0.2, 0.25) is 0 Å². The standard InChI is InChI=1S/C19H26O6/c1-4-5-13(20)23-9-18-7-6-11(2)8-12(18)25-16-14(21)15(22)17(18,3)19(16)10-24-19/h4-5,8,12,14-16,21-22H,6-7,9-10H2,1-3H3/b5-4+. The Labute approximate surface area is 147 Å². The number of hydrogen-bond acceptors (Lipinski definition) is 6. The zero-order valence-corrected chi connectivity index (χ0v) is 14.9. The summed E-state index contributed by atoms with van der Waals surface area (Å²) in [6, 6.07) is 0.